The van der Waals surface area contributed by atoms with Crippen molar-refractivity contribution in [3.8, 4) is 0 Å². The fourth-order valence-corrected chi connectivity index (χ4v) is 4.35. The predicted molar refractivity (Wildman–Crippen MR) is 124 cm³/mol. The molecule has 1 aromatic carbocycles. The van der Waals surface area contributed by atoms with Gasteiger partial charge in [0.2, 0.25) is 0 Å². The molecule has 7 heteroatoms. The number of hydrogen-bond donors (Lipinski definition) is 1. The molecule has 6 nitrogen and oxygen atoms in total. The summed E-state index contributed by atoms with van der Waals surface area (Å²) in [5.41, 5.74) is 3.63. The van der Waals surface area contributed by atoms with E-state index in [-0.39, 0.29) is 5.91 Å². The van der Waals surface area contributed by atoms with Gasteiger partial charge >= 0.3 is 0 Å². The Kier molecular flexibility index (Phi) is 7.14. The minimum absolute atomic E-state index is 0.0990. The zero-order chi connectivity index (χ0) is 21.5. The van der Waals surface area contributed by atoms with Crippen LogP contribution in [0, 0.1) is 0 Å². The molecule has 1 aliphatic rings. The average molecular weight is 434 g/mol. The highest BCUT2D eigenvalue weighted by Gasteiger charge is 2.16. The predicted octanol–water partition coefficient (Wildman–Crippen LogP) is 4.26. The highest BCUT2D eigenvalue weighted by Crippen LogP contribution is 2.25. The quantitative estimate of drug-likeness (QED) is 0.423. The largest absolute Gasteiger partial charge is 0.356 e. The standard InChI is InChI=1S/C24H27N5OS/c1-2-20-15-22(29-12-5-6-13-29)28-24(27-20)31-17-18-8-7-9-19(14-18)23(30)26-16-21-10-3-4-11-25-21/h3-4,7-11,14-15H,2,5-6,12-13,16-17H2,1H3,(H,26,30). The lowest BCUT2D eigenvalue weighted by Gasteiger charge is -2.17. The summed E-state index contributed by atoms with van der Waals surface area (Å²) in [6.07, 6.45) is 5.07. The number of carbonyl (C=O) groups excluding carboxylic acids is 1. The average Bonchev–Trinajstić information content (AvgIpc) is 3.37. The second kappa shape index (κ2) is 10.4. The Morgan fingerprint density at radius 2 is 1.94 bits per heavy atom. The van der Waals surface area contributed by atoms with E-state index in [1.54, 1.807) is 18.0 Å². The Balaban J connectivity index is 1.40. The summed E-state index contributed by atoms with van der Waals surface area (Å²) in [5.74, 6) is 1.65. The molecule has 0 radical (unpaired) electrons. The van der Waals surface area contributed by atoms with Gasteiger partial charge in [-0.05, 0) is 49.1 Å². The van der Waals surface area contributed by atoms with Gasteiger partial charge in [0.25, 0.3) is 5.91 Å². The van der Waals surface area contributed by atoms with Gasteiger partial charge in [0.15, 0.2) is 5.16 Å². The maximum absolute atomic E-state index is 12.5. The van der Waals surface area contributed by atoms with Gasteiger partial charge < -0.3 is 10.2 Å². The Bertz CT molecular complexity index is 1020. The van der Waals surface area contributed by atoms with E-state index in [0.717, 1.165) is 47.4 Å². The third-order valence-corrected chi connectivity index (χ3v) is 6.17. The highest BCUT2D eigenvalue weighted by atomic mass is 32.2. The number of pyridine rings is 1. The maximum Gasteiger partial charge on any atom is 0.251 e. The van der Waals surface area contributed by atoms with Gasteiger partial charge in [-0.25, -0.2) is 9.97 Å². The molecule has 2 aromatic heterocycles. The summed E-state index contributed by atoms with van der Waals surface area (Å²) in [7, 11) is 0. The van der Waals surface area contributed by atoms with Crippen LogP contribution >= 0.6 is 11.8 Å². The number of benzene rings is 1. The first kappa shape index (κ1) is 21.3. The van der Waals surface area contributed by atoms with Crippen molar-refractivity contribution in [2.45, 2.75) is 43.6 Å². The van der Waals surface area contributed by atoms with E-state index in [1.807, 2.05) is 42.5 Å². The van der Waals surface area contributed by atoms with Crippen LogP contribution in [0.3, 0.4) is 0 Å². The smallest absolute Gasteiger partial charge is 0.251 e. The number of nitrogens with one attached hydrogen (secondary N) is 1. The molecule has 1 fully saturated rings. The molecule has 0 spiro atoms. The second-order valence-corrected chi connectivity index (χ2v) is 8.48. The van der Waals surface area contributed by atoms with Crippen molar-refractivity contribution in [3.63, 3.8) is 0 Å². The Labute approximate surface area is 187 Å². The zero-order valence-corrected chi connectivity index (χ0v) is 18.6. The van der Waals surface area contributed by atoms with E-state index in [4.69, 9.17) is 9.97 Å². The number of nitrogens with zero attached hydrogens (tertiary/aromatic N) is 4. The van der Waals surface area contributed by atoms with Crippen molar-refractivity contribution >= 4 is 23.5 Å². The number of hydrogen-bond acceptors (Lipinski definition) is 6. The molecule has 0 aliphatic carbocycles. The fourth-order valence-electron chi connectivity index (χ4n) is 3.54. The van der Waals surface area contributed by atoms with Crippen LogP contribution in [0.4, 0.5) is 5.82 Å². The van der Waals surface area contributed by atoms with Crippen LogP contribution in [-0.2, 0) is 18.7 Å². The molecule has 0 atom stereocenters. The van der Waals surface area contributed by atoms with Gasteiger partial charge in [0.05, 0.1) is 12.2 Å². The van der Waals surface area contributed by atoms with Crippen molar-refractivity contribution in [1.82, 2.24) is 20.3 Å². The van der Waals surface area contributed by atoms with E-state index >= 15 is 0 Å². The summed E-state index contributed by atoms with van der Waals surface area (Å²) in [6.45, 7) is 4.67. The van der Waals surface area contributed by atoms with Gasteiger partial charge in [0.1, 0.15) is 5.82 Å². The lowest BCUT2D eigenvalue weighted by molar-refractivity contribution is 0.0950. The second-order valence-electron chi connectivity index (χ2n) is 7.54. The van der Waals surface area contributed by atoms with E-state index in [9.17, 15) is 4.79 Å². The van der Waals surface area contributed by atoms with Crippen LogP contribution in [-0.4, -0.2) is 33.9 Å². The van der Waals surface area contributed by atoms with Gasteiger partial charge in [0, 0.05) is 42.4 Å². The molecule has 4 rings (SSSR count). The first-order valence-corrected chi connectivity index (χ1v) is 11.7. The van der Waals surface area contributed by atoms with Gasteiger partial charge in [-0.2, -0.15) is 0 Å². The van der Waals surface area contributed by atoms with Crippen LogP contribution < -0.4 is 10.2 Å². The van der Waals surface area contributed by atoms with Crippen LogP contribution in [0.2, 0.25) is 0 Å². The van der Waals surface area contributed by atoms with Crippen LogP contribution in [0.25, 0.3) is 0 Å². The lowest BCUT2D eigenvalue weighted by atomic mass is 10.1. The number of carbonyl (C=O) groups is 1. The number of aromatic nitrogens is 3. The number of aryl methyl sites for hydroxylation is 1. The molecule has 3 heterocycles. The van der Waals surface area contributed by atoms with Crippen molar-refractivity contribution < 1.29 is 4.79 Å². The molecule has 1 N–H and O–H groups in total. The topological polar surface area (TPSA) is 71.0 Å². The van der Waals surface area contributed by atoms with Crippen LogP contribution in [0.15, 0.2) is 59.9 Å². The first-order chi connectivity index (χ1) is 15.2. The van der Waals surface area contributed by atoms with Gasteiger partial charge in [-0.15, -0.1) is 0 Å². The molecule has 1 aliphatic heterocycles. The normalized spacial score (nSPS) is 13.4. The van der Waals surface area contributed by atoms with Crippen molar-refractivity contribution in [2.24, 2.45) is 0 Å². The first-order valence-electron chi connectivity index (χ1n) is 10.7. The van der Waals surface area contributed by atoms with E-state index < -0.39 is 0 Å². The highest BCUT2D eigenvalue weighted by molar-refractivity contribution is 7.98. The minimum Gasteiger partial charge on any atom is -0.356 e. The molecule has 0 unspecified atom stereocenters. The van der Waals surface area contributed by atoms with E-state index in [1.165, 1.54) is 12.8 Å². The maximum atomic E-state index is 12.5. The van der Waals surface area contributed by atoms with Gasteiger partial charge in [-0.1, -0.05) is 36.9 Å². The molecule has 1 saturated heterocycles. The van der Waals surface area contributed by atoms with Crippen molar-refractivity contribution in [2.75, 3.05) is 18.0 Å². The summed E-state index contributed by atoms with van der Waals surface area (Å²) in [6, 6.07) is 15.5. The minimum atomic E-state index is -0.0990. The zero-order valence-electron chi connectivity index (χ0n) is 17.8. The fraction of sp³-hybridized carbons (Fsp3) is 0.333. The Morgan fingerprint density at radius 3 is 2.71 bits per heavy atom. The number of rotatable bonds is 8. The molecule has 160 valence electrons. The molecule has 0 saturated carbocycles. The Morgan fingerprint density at radius 1 is 1.06 bits per heavy atom. The van der Waals surface area contributed by atoms with Crippen molar-refractivity contribution in [3.05, 3.63) is 77.2 Å². The van der Waals surface area contributed by atoms with Gasteiger partial charge in [-0.3, -0.25) is 9.78 Å². The molecular weight excluding hydrogens is 406 g/mol. The molecule has 31 heavy (non-hydrogen) atoms. The van der Waals surface area contributed by atoms with E-state index in [2.05, 4.69) is 28.2 Å². The Hall–Kier alpha value is -2.93. The molecule has 0 bridgehead atoms. The summed E-state index contributed by atoms with van der Waals surface area (Å²) >= 11 is 1.62. The SMILES string of the molecule is CCc1cc(N2CCCC2)nc(SCc2cccc(C(=O)NCc3ccccn3)c2)n1. The van der Waals surface area contributed by atoms with Crippen molar-refractivity contribution in [1.29, 1.82) is 0 Å². The number of anilines is 1. The lowest BCUT2D eigenvalue weighted by Crippen LogP contribution is -2.23. The summed E-state index contributed by atoms with van der Waals surface area (Å²) in [5, 5.41) is 3.73. The molecule has 1 amide bonds. The van der Waals surface area contributed by atoms with Crippen LogP contribution in [0.1, 0.15) is 47.1 Å². The monoisotopic (exact) mass is 433 g/mol. The third kappa shape index (κ3) is 5.82. The summed E-state index contributed by atoms with van der Waals surface area (Å²) in [4.78, 5) is 28.6. The molecular formula is C24H27N5OS. The van der Waals surface area contributed by atoms with Crippen LogP contribution in [0.5, 0.6) is 0 Å². The molecule has 3 aromatic rings. The van der Waals surface area contributed by atoms with E-state index in [0.29, 0.717) is 17.9 Å². The third-order valence-electron chi connectivity index (χ3n) is 5.25. The number of amides is 1. The summed E-state index contributed by atoms with van der Waals surface area (Å²) < 4.78 is 0. The number of thioether (sulfide) groups is 1.